The topological polar surface area (TPSA) is 85.9 Å². The Morgan fingerprint density at radius 1 is 1.07 bits per heavy atom. The molecule has 3 aromatic rings. The Labute approximate surface area is 178 Å². The summed E-state index contributed by atoms with van der Waals surface area (Å²) >= 11 is 6.37. The number of hydrogen-bond acceptors (Lipinski definition) is 5. The second-order valence-corrected chi connectivity index (χ2v) is 7.98. The van der Waals surface area contributed by atoms with Crippen molar-refractivity contribution in [2.75, 3.05) is 5.43 Å². The Bertz CT molecular complexity index is 1240. The van der Waals surface area contributed by atoms with Gasteiger partial charge >= 0.3 is 5.69 Å². The third-order valence-corrected chi connectivity index (χ3v) is 5.88. The minimum atomic E-state index is -0.416. The molecule has 2 heterocycles. The number of aryl methyl sites for hydroxylation is 1. The molecule has 0 radical (unpaired) electrons. The van der Waals surface area contributed by atoms with E-state index in [0.29, 0.717) is 28.7 Å². The average molecular weight is 429 g/mol. The highest BCUT2D eigenvalue weighted by molar-refractivity contribution is 6.31. The highest BCUT2D eigenvalue weighted by atomic mass is 35.5. The Morgan fingerprint density at radius 2 is 1.87 bits per heavy atom. The summed E-state index contributed by atoms with van der Waals surface area (Å²) in [7, 11) is 3.08. The lowest BCUT2D eigenvalue weighted by Crippen LogP contribution is -2.37. The molecule has 0 saturated carbocycles. The summed E-state index contributed by atoms with van der Waals surface area (Å²) in [5.74, 6) is 0.452. The molecule has 158 valence electrons. The van der Waals surface area contributed by atoms with E-state index in [1.54, 1.807) is 11.6 Å². The number of allylic oxidation sites excluding steroid dienone is 2. The van der Waals surface area contributed by atoms with Crippen molar-refractivity contribution in [2.45, 2.75) is 38.6 Å². The van der Waals surface area contributed by atoms with Crippen LogP contribution in [0.5, 0.6) is 0 Å². The van der Waals surface area contributed by atoms with Gasteiger partial charge in [0.15, 0.2) is 11.2 Å². The zero-order valence-corrected chi connectivity index (χ0v) is 17.9. The van der Waals surface area contributed by atoms with Crippen LogP contribution >= 0.6 is 11.6 Å². The molecular formula is C21H25ClN6O2. The van der Waals surface area contributed by atoms with E-state index in [0.717, 1.165) is 35.1 Å². The van der Waals surface area contributed by atoms with E-state index in [1.807, 2.05) is 24.3 Å². The van der Waals surface area contributed by atoms with Crippen LogP contribution < -0.4 is 22.1 Å². The fraction of sp³-hybridized carbons (Fsp3) is 0.381. The van der Waals surface area contributed by atoms with Gasteiger partial charge in [-0.1, -0.05) is 42.3 Å². The number of hydrazine groups is 1. The first-order chi connectivity index (χ1) is 14.5. The van der Waals surface area contributed by atoms with E-state index < -0.39 is 11.2 Å². The van der Waals surface area contributed by atoms with E-state index in [9.17, 15) is 9.59 Å². The van der Waals surface area contributed by atoms with Crippen molar-refractivity contribution in [3.05, 3.63) is 67.5 Å². The lowest BCUT2D eigenvalue weighted by atomic mass is 10.2. The lowest BCUT2D eigenvalue weighted by Gasteiger charge is -2.14. The zero-order chi connectivity index (χ0) is 21.3. The molecule has 30 heavy (non-hydrogen) atoms. The van der Waals surface area contributed by atoms with Crippen LogP contribution in [-0.2, 0) is 20.6 Å². The third kappa shape index (κ3) is 3.75. The van der Waals surface area contributed by atoms with Crippen molar-refractivity contribution < 1.29 is 0 Å². The van der Waals surface area contributed by atoms with E-state index in [-0.39, 0.29) is 0 Å². The Morgan fingerprint density at radius 3 is 2.67 bits per heavy atom. The van der Waals surface area contributed by atoms with Crippen molar-refractivity contribution in [3.63, 3.8) is 0 Å². The molecule has 1 aliphatic carbocycles. The van der Waals surface area contributed by atoms with Gasteiger partial charge < -0.3 is 5.43 Å². The minimum Gasteiger partial charge on any atom is -0.303 e. The van der Waals surface area contributed by atoms with Crippen LogP contribution in [0.25, 0.3) is 11.2 Å². The SMILES string of the molecule is Cn1c(=O)c2c(nc(NNC3=CCCCCC3)n2Cc2ccccc2Cl)n(C)c1=O. The molecule has 0 atom stereocenters. The van der Waals surface area contributed by atoms with Gasteiger partial charge in [-0.2, -0.15) is 4.98 Å². The Kier molecular flexibility index (Phi) is 5.67. The van der Waals surface area contributed by atoms with E-state index in [1.165, 1.54) is 24.5 Å². The molecule has 1 aliphatic rings. The van der Waals surface area contributed by atoms with Crippen molar-refractivity contribution >= 4 is 28.7 Å². The standard InChI is InChI=1S/C21H25ClN6O2/c1-26-18-17(19(29)27(2)21(26)30)28(13-14-9-7-8-12-16(14)22)20(23-18)25-24-15-10-5-3-4-6-11-15/h7-10,12,24H,3-6,11,13H2,1-2H3,(H,23,25). The number of halogens is 1. The van der Waals surface area contributed by atoms with Gasteiger partial charge in [-0.3, -0.25) is 23.9 Å². The maximum Gasteiger partial charge on any atom is 0.332 e. The fourth-order valence-corrected chi connectivity index (χ4v) is 3.95. The molecule has 0 bridgehead atoms. The molecule has 1 aromatic carbocycles. The van der Waals surface area contributed by atoms with Crippen LogP contribution in [0.3, 0.4) is 0 Å². The van der Waals surface area contributed by atoms with Crippen molar-refractivity contribution in [3.8, 4) is 0 Å². The van der Waals surface area contributed by atoms with Crippen LogP contribution in [0.4, 0.5) is 5.95 Å². The van der Waals surface area contributed by atoms with Gasteiger partial charge in [0, 0.05) is 24.8 Å². The molecule has 8 nitrogen and oxygen atoms in total. The summed E-state index contributed by atoms with van der Waals surface area (Å²) in [6, 6.07) is 7.48. The van der Waals surface area contributed by atoms with E-state index in [2.05, 4.69) is 21.9 Å². The van der Waals surface area contributed by atoms with Crippen LogP contribution in [-0.4, -0.2) is 18.7 Å². The third-order valence-electron chi connectivity index (χ3n) is 5.51. The molecule has 0 saturated heterocycles. The number of aromatic nitrogens is 4. The first kappa shape index (κ1) is 20.3. The minimum absolute atomic E-state index is 0.328. The smallest absolute Gasteiger partial charge is 0.303 e. The normalized spacial score (nSPS) is 14.4. The summed E-state index contributed by atoms with van der Waals surface area (Å²) in [6.07, 6.45) is 7.72. The van der Waals surface area contributed by atoms with Gasteiger partial charge in [0.05, 0.1) is 6.54 Å². The number of hydrogen-bond donors (Lipinski definition) is 2. The second-order valence-electron chi connectivity index (χ2n) is 7.57. The van der Waals surface area contributed by atoms with Crippen molar-refractivity contribution in [1.82, 2.24) is 24.1 Å². The maximum atomic E-state index is 13.0. The number of anilines is 1. The molecule has 0 spiro atoms. The zero-order valence-electron chi connectivity index (χ0n) is 17.1. The van der Waals surface area contributed by atoms with Gasteiger partial charge in [-0.25, -0.2) is 4.79 Å². The van der Waals surface area contributed by atoms with Crippen molar-refractivity contribution in [2.24, 2.45) is 14.1 Å². The molecule has 0 aliphatic heterocycles. The number of imidazole rings is 1. The highest BCUT2D eigenvalue weighted by Crippen LogP contribution is 2.22. The average Bonchev–Trinajstić information content (AvgIpc) is 2.91. The summed E-state index contributed by atoms with van der Waals surface area (Å²) < 4.78 is 4.25. The van der Waals surface area contributed by atoms with Crippen molar-refractivity contribution in [1.29, 1.82) is 0 Å². The molecule has 0 unspecified atom stereocenters. The van der Waals surface area contributed by atoms with E-state index >= 15 is 0 Å². The molecule has 2 N–H and O–H groups in total. The summed E-state index contributed by atoms with van der Waals surface area (Å²) in [4.78, 5) is 29.9. The predicted molar refractivity (Wildman–Crippen MR) is 119 cm³/mol. The summed E-state index contributed by atoms with van der Waals surface area (Å²) in [6.45, 7) is 0.340. The highest BCUT2D eigenvalue weighted by Gasteiger charge is 2.20. The Balaban J connectivity index is 1.81. The van der Waals surface area contributed by atoms with Gasteiger partial charge in [0.1, 0.15) is 0 Å². The first-order valence-electron chi connectivity index (χ1n) is 10.1. The van der Waals surface area contributed by atoms with Gasteiger partial charge in [-0.05, 0) is 37.3 Å². The first-order valence-corrected chi connectivity index (χ1v) is 10.5. The van der Waals surface area contributed by atoms with Crippen LogP contribution in [0, 0.1) is 0 Å². The van der Waals surface area contributed by atoms with Gasteiger partial charge in [0.25, 0.3) is 5.56 Å². The molecule has 0 fully saturated rings. The van der Waals surface area contributed by atoms with E-state index in [4.69, 9.17) is 11.6 Å². The molecule has 0 amide bonds. The lowest BCUT2D eigenvalue weighted by molar-refractivity contribution is 0.694. The number of nitrogens with zero attached hydrogens (tertiary/aromatic N) is 4. The molecule has 2 aromatic heterocycles. The number of fused-ring (bicyclic) bond motifs is 1. The summed E-state index contributed by atoms with van der Waals surface area (Å²) in [5, 5.41) is 0.603. The number of nitrogens with one attached hydrogen (secondary N) is 2. The fourth-order valence-electron chi connectivity index (χ4n) is 3.76. The quantitative estimate of drug-likeness (QED) is 0.610. The molecule has 4 rings (SSSR count). The number of rotatable bonds is 5. The Hall–Kier alpha value is -3.00. The van der Waals surface area contributed by atoms with Crippen LogP contribution in [0.15, 0.2) is 45.6 Å². The maximum absolute atomic E-state index is 13.0. The van der Waals surface area contributed by atoms with Crippen LogP contribution in [0.2, 0.25) is 5.02 Å². The van der Waals surface area contributed by atoms with Gasteiger partial charge in [0.2, 0.25) is 5.95 Å². The molecular weight excluding hydrogens is 404 g/mol. The van der Waals surface area contributed by atoms with Gasteiger partial charge in [-0.15, -0.1) is 0 Å². The summed E-state index contributed by atoms with van der Waals surface area (Å²) in [5.41, 5.74) is 8.23. The predicted octanol–water partition coefficient (Wildman–Crippen LogP) is 2.90. The van der Waals surface area contributed by atoms with Crippen LogP contribution in [0.1, 0.15) is 37.7 Å². The largest absolute Gasteiger partial charge is 0.332 e. The second kappa shape index (κ2) is 8.39. The molecule has 9 heteroatoms. The number of benzene rings is 1. The monoisotopic (exact) mass is 428 g/mol.